The van der Waals surface area contributed by atoms with E-state index in [9.17, 15) is 13.2 Å². The molecule has 1 saturated carbocycles. The maximum absolute atomic E-state index is 12.6. The van der Waals surface area contributed by atoms with Gasteiger partial charge in [-0.3, -0.25) is 0 Å². The first-order chi connectivity index (χ1) is 8.88. The highest BCUT2D eigenvalue weighted by Crippen LogP contribution is 2.48. The van der Waals surface area contributed by atoms with Gasteiger partial charge in [-0.25, -0.2) is 15.8 Å². The van der Waals surface area contributed by atoms with Crippen molar-refractivity contribution >= 4 is 11.6 Å². The van der Waals surface area contributed by atoms with E-state index in [1.54, 1.807) is 0 Å². The van der Waals surface area contributed by atoms with Crippen LogP contribution < -0.4 is 16.6 Å². The average Bonchev–Trinajstić information content (AvgIpc) is 3.15. The standard InChI is InChI=1S/C11H16F3N5/c1-2-10(3-4-10)6-16-7-5-8(19-15)18-9(17-7)11(12,13)14/h5H,2-4,6,15H2,1H3,(H2,16,17,18,19). The van der Waals surface area contributed by atoms with Crippen molar-refractivity contribution in [3.8, 4) is 0 Å². The van der Waals surface area contributed by atoms with Crippen molar-refractivity contribution in [2.45, 2.75) is 32.4 Å². The maximum atomic E-state index is 12.6. The third-order valence-electron chi connectivity index (χ3n) is 3.48. The number of nitrogen functional groups attached to an aromatic ring is 1. The first-order valence-electron chi connectivity index (χ1n) is 6.05. The highest BCUT2D eigenvalue weighted by Gasteiger charge is 2.40. The molecule has 1 aliphatic rings. The Morgan fingerprint density at radius 2 is 1.95 bits per heavy atom. The molecule has 0 aliphatic heterocycles. The summed E-state index contributed by atoms with van der Waals surface area (Å²) in [4.78, 5) is 6.77. The maximum Gasteiger partial charge on any atom is 0.451 e. The smallest absolute Gasteiger partial charge is 0.369 e. The molecule has 0 spiro atoms. The van der Waals surface area contributed by atoms with Crippen LogP contribution in [0.2, 0.25) is 0 Å². The van der Waals surface area contributed by atoms with Crippen LogP contribution in [0, 0.1) is 5.41 Å². The second-order valence-electron chi connectivity index (χ2n) is 4.81. The zero-order valence-corrected chi connectivity index (χ0v) is 10.5. The molecule has 1 heterocycles. The summed E-state index contributed by atoms with van der Waals surface area (Å²) < 4.78 is 37.8. The Bertz CT molecular complexity index is 456. The fourth-order valence-corrected chi connectivity index (χ4v) is 1.85. The van der Waals surface area contributed by atoms with Crippen LogP contribution >= 0.6 is 0 Å². The molecule has 1 aromatic rings. The molecule has 0 bridgehead atoms. The Hall–Kier alpha value is -1.57. The van der Waals surface area contributed by atoms with Crippen molar-refractivity contribution in [2.75, 3.05) is 17.3 Å². The number of halogens is 3. The van der Waals surface area contributed by atoms with Gasteiger partial charge in [-0.2, -0.15) is 13.2 Å². The molecule has 5 nitrogen and oxygen atoms in total. The van der Waals surface area contributed by atoms with Gasteiger partial charge in [0.15, 0.2) is 0 Å². The van der Waals surface area contributed by atoms with Gasteiger partial charge in [-0.1, -0.05) is 6.92 Å². The molecule has 1 fully saturated rings. The van der Waals surface area contributed by atoms with Gasteiger partial charge >= 0.3 is 6.18 Å². The molecule has 2 rings (SSSR count). The predicted molar refractivity (Wildman–Crippen MR) is 65.3 cm³/mol. The lowest BCUT2D eigenvalue weighted by molar-refractivity contribution is -0.144. The van der Waals surface area contributed by atoms with Crippen LogP contribution in [0.15, 0.2) is 6.07 Å². The van der Waals surface area contributed by atoms with E-state index >= 15 is 0 Å². The van der Waals surface area contributed by atoms with Crippen LogP contribution in [0.5, 0.6) is 0 Å². The number of alkyl halides is 3. The molecule has 0 amide bonds. The lowest BCUT2D eigenvalue weighted by atomic mass is 10.0. The van der Waals surface area contributed by atoms with Crippen LogP contribution in [-0.4, -0.2) is 16.5 Å². The van der Waals surface area contributed by atoms with Gasteiger partial charge in [-0.15, -0.1) is 0 Å². The summed E-state index contributed by atoms with van der Waals surface area (Å²) in [5.74, 6) is 3.98. The summed E-state index contributed by atoms with van der Waals surface area (Å²) >= 11 is 0. The summed E-state index contributed by atoms with van der Waals surface area (Å²) in [6, 6.07) is 1.36. The Balaban J connectivity index is 2.15. The lowest BCUT2D eigenvalue weighted by Gasteiger charge is -2.15. The molecule has 0 unspecified atom stereocenters. The number of hydrogen-bond acceptors (Lipinski definition) is 5. The normalized spacial score (nSPS) is 17.1. The fourth-order valence-electron chi connectivity index (χ4n) is 1.85. The van der Waals surface area contributed by atoms with Gasteiger partial charge in [0.2, 0.25) is 5.82 Å². The summed E-state index contributed by atoms with van der Waals surface area (Å²) in [5, 5.41) is 2.94. The van der Waals surface area contributed by atoms with E-state index in [0.717, 1.165) is 19.3 Å². The highest BCUT2D eigenvalue weighted by atomic mass is 19.4. The van der Waals surface area contributed by atoms with Crippen molar-refractivity contribution in [2.24, 2.45) is 11.3 Å². The van der Waals surface area contributed by atoms with Gasteiger partial charge in [0.05, 0.1) is 0 Å². The number of hydrazine groups is 1. The van der Waals surface area contributed by atoms with E-state index in [1.165, 1.54) is 6.07 Å². The van der Waals surface area contributed by atoms with Crippen molar-refractivity contribution in [1.82, 2.24) is 9.97 Å². The third kappa shape index (κ3) is 3.25. The topological polar surface area (TPSA) is 75.9 Å². The Labute approximate surface area is 108 Å². The van der Waals surface area contributed by atoms with Gasteiger partial charge in [0.25, 0.3) is 0 Å². The molecule has 1 aliphatic carbocycles. The second kappa shape index (κ2) is 4.84. The van der Waals surface area contributed by atoms with Crippen LogP contribution in [-0.2, 0) is 6.18 Å². The van der Waals surface area contributed by atoms with E-state index in [1.807, 2.05) is 0 Å². The largest absolute Gasteiger partial charge is 0.451 e. The molecule has 0 aromatic carbocycles. The third-order valence-corrected chi connectivity index (χ3v) is 3.48. The van der Waals surface area contributed by atoms with Gasteiger partial charge in [0, 0.05) is 12.6 Å². The summed E-state index contributed by atoms with van der Waals surface area (Å²) in [6.07, 6.45) is -1.41. The first kappa shape index (κ1) is 13.9. The minimum atomic E-state index is -4.59. The van der Waals surface area contributed by atoms with E-state index in [2.05, 4.69) is 27.6 Å². The number of aromatic nitrogens is 2. The number of nitrogens with two attached hydrogens (primary N) is 1. The molecule has 0 atom stereocenters. The Kier molecular flexibility index (Phi) is 3.53. The number of anilines is 2. The monoisotopic (exact) mass is 275 g/mol. The number of rotatable bonds is 5. The van der Waals surface area contributed by atoms with Crippen molar-refractivity contribution in [1.29, 1.82) is 0 Å². The van der Waals surface area contributed by atoms with Crippen LogP contribution in [0.4, 0.5) is 24.8 Å². The predicted octanol–water partition coefficient (Wildman–Crippen LogP) is 2.38. The molecule has 1 aromatic heterocycles. The Morgan fingerprint density at radius 1 is 1.32 bits per heavy atom. The minimum Gasteiger partial charge on any atom is -0.369 e. The van der Waals surface area contributed by atoms with Gasteiger partial charge in [0.1, 0.15) is 11.6 Å². The van der Waals surface area contributed by atoms with Crippen LogP contribution in [0.1, 0.15) is 32.0 Å². The number of nitrogens with zero attached hydrogens (tertiary/aromatic N) is 2. The van der Waals surface area contributed by atoms with Crippen LogP contribution in [0.25, 0.3) is 0 Å². The minimum absolute atomic E-state index is 0.0637. The number of nitrogens with one attached hydrogen (secondary N) is 2. The van der Waals surface area contributed by atoms with Gasteiger partial charge in [-0.05, 0) is 24.7 Å². The lowest BCUT2D eigenvalue weighted by Crippen LogP contribution is -2.19. The molecule has 19 heavy (non-hydrogen) atoms. The van der Waals surface area contributed by atoms with E-state index in [0.29, 0.717) is 6.54 Å². The van der Waals surface area contributed by atoms with E-state index in [-0.39, 0.29) is 17.1 Å². The molecular weight excluding hydrogens is 259 g/mol. The molecule has 8 heteroatoms. The summed E-state index contributed by atoms with van der Waals surface area (Å²) in [6.45, 7) is 2.69. The molecular formula is C11H16F3N5. The molecule has 106 valence electrons. The first-order valence-corrected chi connectivity index (χ1v) is 6.05. The Morgan fingerprint density at radius 3 is 2.42 bits per heavy atom. The van der Waals surface area contributed by atoms with E-state index < -0.39 is 12.0 Å². The van der Waals surface area contributed by atoms with Gasteiger partial charge < -0.3 is 10.7 Å². The summed E-state index contributed by atoms with van der Waals surface area (Å²) in [7, 11) is 0. The number of hydrogen-bond donors (Lipinski definition) is 3. The fraction of sp³-hybridized carbons (Fsp3) is 0.636. The highest BCUT2D eigenvalue weighted by molar-refractivity contribution is 5.47. The SMILES string of the molecule is CCC1(CNc2cc(NN)nc(C(F)(F)F)n2)CC1. The molecule has 4 N–H and O–H groups in total. The zero-order chi connectivity index (χ0) is 14.1. The summed E-state index contributed by atoms with van der Waals surface area (Å²) in [5.41, 5.74) is 2.32. The molecule has 0 radical (unpaired) electrons. The second-order valence-corrected chi connectivity index (χ2v) is 4.81. The van der Waals surface area contributed by atoms with Crippen molar-refractivity contribution < 1.29 is 13.2 Å². The van der Waals surface area contributed by atoms with Crippen molar-refractivity contribution in [3.05, 3.63) is 11.9 Å². The average molecular weight is 275 g/mol. The van der Waals surface area contributed by atoms with Crippen LogP contribution in [0.3, 0.4) is 0 Å². The zero-order valence-electron chi connectivity index (χ0n) is 10.5. The van der Waals surface area contributed by atoms with Crippen molar-refractivity contribution in [3.63, 3.8) is 0 Å². The quantitative estimate of drug-likeness (QED) is 0.568. The molecule has 0 saturated heterocycles. The van der Waals surface area contributed by atoms with E-state index in [4.69, 9.17) is 5.84 Å².